The highest BCUT2D eigenvalue weighted by Crippen LogP contribution is 2.56. The molecule has 0 heterocycles. The lowest BCUT2D eigenvalue weighted by Gasteiger charge is -2.53. The molecule has 3 aromatic rings. The quantitative estimate of drug-likeness (QED) is 0.455. The van der Waals surface area contributed by atoms with E-state index in [-0.39, 0.29) is 5.41 Å². The van der Waals surface area contributed by atoms with Gasteiger partial charge in [-0.05, 0) is 65.1 Å². The lowest BCUT2D eigenvalue weighted by molar-refractivity contribution is 0.190. The Morgan fingerprint density at radius 3 is 2.21 bits per heavy atom. The number of halogens is 1. The lowest BCUT2D eigenvalue weighted by Crippen LogP contribution is -2.51. The second-order valence-corrected chi connectivity index (χ2v) is 8.87. The van der Waals surface area contributed by atoms with Crippen molar-refractivity contribution in [2.45, 2.75) is 30.6 Å². The zero-order valence-corrected chi connectivity index (χ0v) is 17.8. The molecule has 0 saturated carbocycles. The Hall–Kier alpha value is -2.06. The van der Waals surface area contributed by atoms with Crippen LogP contribution in [0, 0.1) is 5.92 Å². The van der Waals surface area contributed by atoms with Gasteiger partial charge in [-0.1, -0.05) is 76.6 Å². The molecule has 0 spiro atoms. The highest BCUT2D eigenvalue weighted by molar-refractivity contribution is 9.09. The minimum atomic E-state index is 0.110. The molecule has 0 N–H and O–H groups in total. The van der Waals surface area contributed by atoms with Gasteiger partial charge in [0.05, 0.1) is 7.11 Å². The van der Waals surface area contributed by atoms with Gasteiger partial charge in [-0.3, -0.25) is 0 Å². The van der Waals surface area contributed by atoms with Gasteiger partial charge in [-0.25, -0.2) is 0 Å². The van der Waals surface area contributed by atoms with Gasteiger partial charge in [0.25, 0.3) is 0 Å². The van der Waals surface area contributed by atoms with Gasteiger partial charge < -0.3 is 4.74 Å². The summed E-state index contributed by atoms with van der Waals surface area (Å²) >= 11 is 3.92. The van der Waals surface area contributed by atoms with Crippen molar-refractivity contribution >= 4 is 15.9 Å². The van der Waals surface area contributed by atoms with Crippen molar-refractivity contribution in [1.82, 2.24) is 0 Å². The third kappa shape index (κ3) is 2.65. The number of benzene rings is 3. The molecule has 28 heavy (non-hydrogen) atoms. The second-order valence-electron chi connectivity index (χ2n) is 8.23. The van der Waals surface area contributed by atoms with Crippen molar-refractivity contribution in [2.24, 2.45) is 5.92 Å². The Balaban J connectivity index is 1.73. The van der Waals surface area contributed by atoms with E-state index in [2.05, 4.69) is 88.7 Å². The van der Waals surface area contributed by atoms with E-state index in [9.17, 15) is 0 Å². The highest BCUT2D eigenvalue weighted by Gasteiger charge is 2.52. The molecule has 0 radical (unpaired) electrons. The predicted molar refractivity (Wildman–Crippen MR) is 119 cm³/mol. The van der Waals surface area contributed by atoms with Crippen LogP contribution in [0.15, 0.2) is 72.8 Å². The van der Waals surface area contributed by atoms with Crippen LogP contribution in [0.2, 0.25) is 0 Å². The lowest BCUT2D eigenvalue weighted by atomic mass is 9.50. The van der Waals surface area contributed by atoms with Gasteiger partial charge in [-0.15, -0.1) is 0 Å². The smallest absolute Gasteiger partial charge is 0.118 e. The molecule has 0 fully saturated rings. The summed E-state index contributed by atoms with van der Waals surface area (Å²) in [6, 6.07) is 27.0. The molecule has 142 valence electrons. The minimum Gasteiger partial charge on any atom is -0.497 e. The average molecular weight is 433 g/mol. The van der Waals surface area contributed by atoms with Gasteiger partial charge in [0.2, 0.25) is 0 Å². The molecule has 0 aliphatic heterocycles. The Kier molecular flexibility index (Phi) is 4.55. The number of rotatable bonds is 3. The maximum Gasteiger partial charge on any atom is 0.118 e. The molecule has 5 rings (SSSR count). The van der Waals surface area contributed by atoms with E-state index in [4.69, 9.17) is 4.74 Å². The Bertz CT molecular complexity index is 993. The summed E-state index contributed by atoms with van der Waals surface area (Å²) in [5.41, 5.74) is 7.65. The molecule has 3 aromatic carbocycles. The first-order chi connectivity index (χ1) is 13.8. The van der Waals surface area contributed by atoms with Gasteiger partial charge in [0, 0.05) is 16.7 Å². The number of fused-ring (bicyclic) bond motifs is 3. The summed E-state index contributed by atoms with van der Waals surface area (Å²) in [5.74, 6) is 2.00. The van der Waals surface area contributed by atoms with Crippen LogP contribution >= 0.6 is 15.9 Å². The van der Waals surface area contributed by atoms with Crippen molar-refractivity contribution in [1.29, 1.82) is 0 Å². The van der Waals surface area contributed by atoms with E-state index in [0.717, 1.165) is 30.3 Å². The molecule has 0 bridgehead atoms. The van der Waals surface area contributed by atoms with E-state index < -0.39 is 0 Å². The van der Waals surface area contributed by atoms with E-state index >= 15 is 0 Å². The van der Waals surface area contributed by atoms with Gasteiger partial charge in [-0.2, -0.15) is 0 Å². The topological polar surface area (TPSA) is 9.23 Å². The number of ether oxygens (including phenoxy) is 1. The number of alkyl halides is 1. The first kappa shape index (κ1) is 18.0. The Morgan fingerprint density at radius 1 is 0.857 bits per heavy atom. The molecule has 1 unspecified atom stereocenters. The molecule has 2 heteroatoms. The summed E-state index contributed by atoms with van der Waals surface area (Å²) in [4.78, 5) is 0. The molecule has 2 aliphatic rings. The predicted octanol–water partition coefficient (Wildman–Crippen LogP) is 6.08. The first-order valence-corrected chi connectivity index (χ1v) is 11.2. The van der Waals surface area contributed by atoms with E-state index in [1.807, 2.05) is 0 Å². The minimum absolute atomic E-state index is 0.110. The summed E-state index contributed by atoms with van der Waals surface area (Å²) < 4.78 is 5.45. The summed E-state index contributed by atoms with van der Waals surface area (Å²) in [7, 11) is 1.74. The summed E-state index contributed by atoms with van der Waals surface area (Å²) in [6.45, 7) is 0. The second kappa shape index (κ2) is 7.08. The maximum atomic E-state index is 5.45. The van der Waals surface area contributed by atoms with Crippen LogP contribution in [0.25, 0.3) is 0 Å². The first-order valence-electron chi connectivity index (χ1n) is 10.1. The summed E-state index contributed by atoms with van der Waals surface area (Å²) in [5, 5.41) is 0.981. The fraction of sp³-hybridized carbons (Fsp3) is 0.308. The Morgan fingerprint density at radius 2 is 1.50 bits per heavy atom. The zero-order valence-electron chi connectivity index (χ0n) is 16.2. The van der Waals surface area contributed by atoms with E-state index in [0.29, 0.717) is 11.8 Å². The zero-order chi connectivity index (χ0) is 19.1. The van der Waals surface area contributed by atoms with Crippen LogP contribution in [0.4, 0.5) is 0 Å². The van der Waals surface area contributed by atoms with Gasteiger partial charge >= 0.3 is 0 Å². The number of methoxy groups -OCH3 is 1. The van der Waals surface area contributed by atoms with Crippen LogP contribution in [-0.2, 0) is 24.7 Å². The molecule has 2 aliphatic carbocycles. The van der Waals surface area contributed by atoms with Crippen molar-refractivity contribution in [3.63, 3.8) is 0 Å². The van der Waals surface area contributed by atoms with Crippen LogP contribution in [0.5, 0.6) is 5.75 Å². The van der Waals surface area contributed by atoms with Crippen LogP contribution in [0.1, 0.15) is 33.7 Å². The molecule has 0 amide bonds. The fourth-order valence-corrected chi connectivity index (χ4v) is 6.69. The molecule has 0 saturated heterocycles. The molecule has 3 atom stereocenters. The molecule has 1 nitrogen and oxygen atoms in total. The third-order valence-electron chi connectivity index (χ3n) is 7.10. The average Bonchev–Trinajstić information content (AvgIpc) is 2.76. The molecule has 0 aromatic heterocycles. The number of hydrogen-bond acceptors (Lipinski definition) is 1. The van der Waals surface area contributed by atoms with Crippen molar-refractivity contribution in [3.8, 4) is 5.75 Å². The maximum absolute atomic E-state index is 5.45. The monoisotopic (exact) mass is 432 g/mol. The summed E-state index contributed by atoms with van der Waals surface area (Å²) in [6.07, 6.45) is 3.41. The van der Waals surface area contributed by atoms with Crippen LogP contribution < -0.4 is 4.74 Å². The Labute approximate surface area is 175 Å². The SMILES string of the molecule is COc1ccc([C@]23Cc4ccccc4CC2Cc2ccccc2[C@H]3CBr)cc1. The largest absolute Gasteiger partial charge is 0.497 e. The number of hydrogen-bond donors (Lipinski definition) is 0. The van der Waals surface area contributed by atoms with Crippen molar-refractivity contribution in [3.05, 3.63) is 101 Å². The van der Waals surface area contributed by atoms with Crippen LogP contribution in [-0.4, -0.2) is 12.4 Å². The van der Waals surface area contributed by atoms with Crippen molar-refractivity contribution < 1.29 is 4.74 Å². The molecular weight excluding hydrogens is 408 g/mol. The van der Waals surface area contributed by atoms with E-state index in [1.54, 1.807) is 7.11 Å². The van der Waals surface area contributed by atoms with Gasteiger partial charge in [0.1, 0.15) is 5.75 Å². The highest BCUT2D eigenvalue weighted by atomic mass is 79.9. The van der Waals surface area contributed by atoms with E-state index in [1.165, 1.54) is 27.8 Å². The normalized spacial score (nSPS) is 25.4. The van der Waals surface area contributed by atoms with Crippen molar-refractivity contribution in [2.75, 3.05) is 12.4 Å². The standard InChI is InChI=1S/C26H25BrO/c1-28-23-12-10-21(11-13-23)26-16-20-8-3-2-6-18(20)14-22(26)15-19-7-4-5-9-24(19)25(26)17-27/h2-13,22,25H,14-17H2,1H3/t22?,25-,26-/m1/s1. The fourth-order valence-electron chi connectivity index (χ4n) is 5.76. The molecular formula is C26H25BrO. The third-order valence-corrected chi connectivity index (χ3v) is 7.74. The van der Waals surface area contributed by atoms with Crippen LogP contribution in [0.3, 0.4) is 0 Å². The van der Waals surface area contributed by atoms with Gasteiger partial charge in [0.15, 0.2) is 0 Å².